The van der Waals surface area contributed by atoms with Gasteiger partial charge in [0, 0.05) is 49.7 Å². The van der Waals surface area contributed by atoms with Crippen molar-refractivity contribution in [1.82, 2.24) is 9.47 Å². The van der Waals surface area contributed by atoms with Crippen LogP contribution in [0, 0.1) is 5.92 Å². The summed E-state index contributed by atoms with van der Waals surface area (Å²) in [5.74, 6) is 0.347. The maximum absolute atomic E-state index is 11.2. The summed E-state index contributed by atoms with van der Waals surface area (Å²) in [5, 5.41) is 5.62. The van der Waals surface area contributed by atoms with Gasteiger partial charge in [-0.15, -0.1) is 0 Å². The lowest BCUT2D eigenvalue weighted by atomic mass is 10.1. The van der Waals surface area contributed by atoms with E-state index in [2.05, 4.69) is 64.5 Å². The minimum absolute atomic E-state index is 0.261. The van der Waals surface area contributed by atoms with Crippen LogP contribution in [0.15, 0.2) is 47.3 Å². The van der Waals surface area contributed by atoms with Gasteiger partial charge in [0.2, 0.25) is 5.91 Å². The molecular formula is C21H27N3OS. The molecule has 0 aliphatic rings. The Morgan fingerprint density at radius 1 is 1.23 bits per heavy atom. The van der Waals surface area contributed by atoms with Gasteiger partial charge in [-0.25, -0.2) is 0 Å². The fourth-order valence-corrected chi connectivity index (χ4v) is 4.11. The lowest BCUT2D eigenvalue weighted by Crippen LogP contribution is -2.26. The van der Waals surface area contributed by atoms with Crippen molar-refractivity contribution in [2.75, 3.05) is 6.54 Å². The standard InChI is InChI=1S/C21H27N3OS/c1-16(2)11-23(12-17-8-10-26-15-17)13-18-14-24(9-7-21(22)25)20-6-4-3-5-19(18)20/h3-6,8,10,14-16H,7,9,11-13H2,1-2H3,(H2,22,25). The number of thiophene rings is 1. The summed E-state index contributed by atoms with van der Waals surface area (Å²) < 4.78 is 2.16. The van der Waals surface area contributed by atoms with E-state index >= 15 is 0 Å². The lowest BCUT2D eigenvalue weighted by Gasteiger charge is -2.23. The first-order valence-corrected chi connectivity index (χ1v) is 10.1. The van der Waals surface area contributed by atoms with E-state index in [4.69, 9.17) is 5.73 Å². The molecule has 3 rings (SSSR count). The van der Waals surface area contributed by atoms with Gasteiger partial charge in [-0.3, -0.25) is 9.69 Å². The predicted octanol–water partition coefficient (Wildman–Crippen LogP) is 4.24. The van der Waals surface area contributed by atoms with Crippen molar-refractivity contribution in [3.63, 3.8) is 0 Å². The molecule has 2 N–H and O–H groups in total. The van der Waals surface area contributed by atoms with Gasteiger partial charge in [-0.2, -0.15) is 11.3 Å². The van der Waals surface area contributed by atoms with Gasteiger partial charge < -0.3 is 10.3 Å². The smallest absolute Gasteiger partial charge is 0.219 e. The predicted molar refractivity (Wildman–Crippen MR) is 109 cm³/mol. The summed E-state index contributed by atoms with van der Waals surface area (Å²) in [6, 6.07) is 10.6. The van der Waals surface area contributed by atoms with E-state index in [0.717, 1.165) is 19.6 Å². The number of nitrogens with two attached hydrogens (primary N) is 1. The highest BCUT2D eigenvalue weighted by Gasteiger charge is 2.14. The third-order valence-corrected chi connectivity index (χ3v) is 5.21. The van der Waals surface area contributed by atoms with Crippen molar-refractivity contribution in [2.24, 2.45) is 11.7 Å². The third kappa shape index (κ3) is 4.74. The number of rotatable bonds is 9. The number of hydrogen-bond acceptors (Lipinski definition) is 3. The first kappa shape index (κ1) is 18.7. The van der Waals surface area contributed by atoms with Crippen LogP contribution in [0.4, 0.5) is 0 Å². The third-order valence-electron chi connectivity index (χ3n) is 4.47. The Balaban J connectivity index is 1.86. The van der Waals surface area contributed by atoms with Gasteiger partial charge in [0.1, 0.15) is 0 Å². The Hall–Kier alpha value is -2.11. The van der Waals surface area contributed by atoms with Gasteiger partial charge in [-0.1, -0.05) is 32.0 Å². The summed E-state index contributed by atoms with van der Waals surface area (Å²) in [7, 11) is 0. The average molecular weight is 370 g/mol. The topological polar surface area (TPSA) is 51.3 Å². The van der Waals surface area contributed by atoms with E-state index in [-0.39, 0.29) is 5.91 Å². The average Bonchev–Trinajstić information content (AvgIpc) is 3.21. The minimum atomic E-state index is -0.261. The van der Waals surface area contributed by atoms with Crippen molar-refractivity contribution in [3.8, 4) is 0 Å². The number of hydrogen-bond donors (Lipinski definition) is 1. The maximum atomic E-state index is 11.2. The molecule has 2 aromatic heterocycles. The van der Waals surface area contributed by atoms with E-state index in [1.807, 2.05) is 6.07 Å². The van der Waals surface area contributed by atoms with Crippen LogP contribution in [-0.2, 0) is 24.4 Å². The summed E-state index contributed by atoms with van der Waals surface area (Å²) in [4.78, 5) is 13.7. The van der Waals surface area contributed by atoms with E-state index < -0.39 is 0 Å². The van der Waals surface area contributed by atoms with E-state index in [0.29, 0.717) is 18.9 Å². The minimum Gasteiger partial charge on any atom is -0.370 e. The van der Waals surface area contributed by atoms with E-state index in [1.165, 1.54) is 22.0 Å². The van der Waals surface area contributed by atoms with Gasteiger partial charge in [0.25, 0.3) is 0 Å². The molecule has 0 saturated heterocycles. The second-order valence-electron chi connectivity index (χ2n) is 7.28. The molecule has 0 aliphatic heterocycles. The lowest BCUT2D eigenvalue weighted by molar-refractivity contribution is -0.118. The van der Waals surface area contributed by atoms with Gasteiger partial charge >= 0.3 is 0 Å². The van der Waals surface area contributed by atoms with Crippen LogP contribution in [0.2, 0.25) is 0 Å². The molecule has 0 aliphatic carbocycles. The van der Waals surface area contributed by atoms with E-state index in [9.17, 15) is 4.79 Å². The molecule has 0 spiro atoms. The second kappa shape index (κ2) is 8.52. The fraction of sp³-hybridized carbons (Fsp3) is 0.381. The Labute approximate surface area is 159 Å². The number of para-hydroxylation sites is 1. The molecule has 0 radical (unpaired) electrons. The Bertz CT molecular complexity index is 851. The van der Waals surface area contributed by atoms with Gasteiger partial charge in [0.15, 0.2) is 0 Å². The molecule has 0 atom stereocenters. The summed E-state index contributed by atoms with van der Waals surface area (Å²) in [6.45, 7) is 8.06. The molecule has 138 valence electrons. The highest BCUT2D eigenvalue weighted by atomic mass is 32.1. The largest absolute Gasteiger partial charge is 0.370 e. The molecule has 26 heavy (non-hydrogen) atoms. The molecule has 1 amide bonds. The molecule has 0 bridgehead atoms. The molecule has 0 fully saturated rings. The number of aromatic nitrogens is 1. The molecule has 0 unspecified atom stereocenters. The molecule has 5 heteroatoms. The zero-order valence-corrected chi connectivity index (χ0v) is 16.3. The van der Waals surface area contributed by atoms with Crippen molar-refractivity contribution in [1.29, 1.82) is 0 Å². The number of nitrogens with zero attached hydrogens (tertiary/aromatic N) is 2. The SMILES string of the molecule is CC(C)CN(Cc1ccsc1)Cc1cn(CCC(N)=O)c2ccccc12. The van der Waals surface area contributed by atoms with Crippen LogP contribution < -0.4 is 5.73 Å². The van der Waals surface area contributed by atoms with Crippen molar-refractivity contribution >= 4 is 28.1 Å². The van der Waals surface area contributed by atoms with Crippen LogP contribution in [0.3, 0.4) is 0 Å². The van der Waals surface area contributed by atoms with Crippen LogP contribution in [-0.4, -0.2) is 21.9 Å². The summed E-state index contributed by atoms with van der Waals surface area (Å²) >= 11 is 1.75. The highest BCUT2D eigenvalue weighted by molar-refractivity contribution is 7.07. The number of carbonyl (C=O) groups excluding carboxylic acids is 1. The number of carbonyl (C=O) groups is 1. The van der Waals surface area contributed by atoms with Crippen molar-refractivity contribution in [3.05, 3.63) is 58.4 Å². The van der Waals surface area contributed by atoms with Crippen LogP contribution >= 0.6 is 11.3 Å². The number of aryl methyl sites for hydroxylation is 1. The second-order valence-corrected chi connectivity index (χ2v) is 8.06. The number of fused-ring (bicyclic) bond motifs is 1. The van der Waals surface area contributed by atoms with Crippen molar-refractivity contribution < 1.29 is 4.79 Å². The highest BCUT2D eigenvalue weighted by Crippen LogP contribution is 2.24. The fourth-order valence-electron chi connectivity index (χ4n) is 3.45. The molecular weight excluding hydrogens is 342 g/mol. The maximum Gasteiger partial charge on any atom is 0.219 e. The number of primary amides is 1. The normalized spacial score (nSPS) is 11.7. The van der Waals surface area contributed by atoms with Gasteiger partial charge in [-0.05, 0) is 39.9 Å². The van der Waals surface area contributed by atoms with Crippen LogP contribution in [0.5, 0.6) is 0 Å². The molecule has 4 nitrogen and oxygen atoms in total. The first-order chi connectivity index (χ1) is 12.5. The number of amides is 1. The number of benzene rings is 1. The van der Waals surface area contributed by atoms with Crippen LogP contribution in [0.1, 0.15) is 31.4 Å². The Morgan fingerprint density at radius 3 is 2.73 bits per heavy atom. The Morgan fingerprint density at radius 2 is 2.04 bits per heavy atom. The van der Waals surface area contributed by atoms with Gasteiger partial charge in [0.05, 0.1) is 0 Å². The van der Waals surface area contributed by atoms with E-state index in [1.54, 1.807) is 11.3 Å². The molecule has 2 heterocycles. The van der Waals surface area contributed by atoms with Crippen LogP contribution in [0.25, 0.3) is 10.9 Å². The first-order valence-electron chi connectivity index (χ1n) is 9.11. The molecule has 0 saturated carbocycles. The molecule has 3 aromatic rings. The Kier molecular flexibility index (Phi) is 6.12. The summed E-state index contributed by atoms with van der Waals surface area (Å²) in [6.07, 6.45) is 2.55. The summed E-state index contributed by atoms with van der Waals surface area (Å²) in [5.41, 5.74) is 9.19. The zero-order valence-electron chi connectivity index (χ0n) is 15.5. The quantitative estimate of drug-likeness (QED) is 0.613. The molecule has 1 aromatic carbocycles. The zero-order chi connectivity index (χ0) is 18.5. The van der Waals surface area contributed by atoms with Crippen molar-refractivity contribution in [2.45, 2.75) is 39.9 Å². The monoisotopic (exact) mass is 369 g/mol.